The predicted molar refractivity (Wildman–Crippen MR) is 42.3 cm³/mol. The summed E-state index contributed by atoms with van der Waals surface area (Å²) in [6.45, 7) is 1.97. The first-order chi connectivity index (χ1) is 5.27. The molecule has 0 aliphatic carbocycles. The van der Waals surface area contributed by atoms with E-state index >= 15 is 0 Å². The van der Waals surface area contributed by atoms with E-state index in [2.05, 4.69) is 11.4 Å². The molecule has 2 nitrogen and oxygen atoms in total. The number of amides is 1. The number of nitrogens with one attached hydrogen (secondary N) is 1. The molecule has 1 radical (unpaired) electrons. The summed E-state index contributed by atoms with van der Waals surface area (Å²) in [7, 11) is 0. The number of hydrogen-bond donors (Lipinski definition) is 1. The monoisotopic (exact) mass is 235 g/mol. The van der Waals surface area contributed by atoms with E-state index in [1.54, 1.807) is 0 Å². The zero-order chi connectivity index (χ0) is 7.84. The second-order valence-corrected chi connectivity index (χ2v) is 2.72. The molecule has 2 rings (SSSR count). The summed E-state index contributed by atoms with van der Waals surface area (Å²) in [6.07, 6.45) is 0.512. The number of benzene rings is 1. The van der Waals surface area contributed by atoms with Crippen LogP contribution in [-0.4, -0.2) is 5.91 Å². The summed E-state index contributed by atoms with van der Waals surface area (Å²) < 4.78 is 0. The average molecular weight is 235 g/mol. The van der Waals surface area contributed by atoms with Gasteiger partial charge in [-0.3, -0.25) is 4.79 Å². The van der Waals surface area contributed by atoms with E-state index in [1.807, 2.05) is 19.1 Å². The summed E-state index contributed by atoms with van der Waals surface area (Å²) in [5.74, 6) is 0.0858. The van der Waals surface area contributed by atoms with E-state index < -0.39 is 0 Å². The summed E-state index contributed by atoms with van der Waals surface area (Å²) in [5, 5.41) is 2.78. The van der Waals surface area contributed by atoms with Gasteiger partial charge in [-0.25, -0.2) is 0 Å². The molecule has 1 aliphatic rings. The normalized spacial score (nSPS) is 13.2. The first kappa shape index (κ1) is 9.88. The Labute approximate surface area is 96.6 Å². The molecule has 0 bridgehead atoms. The Morgan fingerprint density at radius 2 is 2.33 bits per heavy atom. The van der Waals surface area contributed by atoms with Crippen LogP contribution in [0.2, 0.25) is 0 Å². The van der Waals surface area contributed by atoms with Crippen LogP contribution in [0.15, 0.2) is 12.1 Å². The number of hydrogen-bond acceptors (Lipinski definition) is 1. The van der Waals surface area contributed by atoms with Gasteiger partial charge < -0.3 is 5.32 Å². The number of anilines is 1. The van der Waals surface area contributed by atoms with Crippen molar-refractivity contribution in [2.45, 2.75) is 13.3 Å². The van der Waals surface area contributed by atoms with E-state index in [9.17, 15) is 4.79 Å². The SMILES string of the molecule is Cc1[c-]ccc2c1CC(=O)N2.[Y]. The van der Waals surface area contributed by atoms with Crippen molar-refractivity contribution in [3.8, 4) is 0 Å². The molecular weight excluding hydrogens is 227 g/mol. The smallest absolute Gasteiger partial charge is 0.215 e. The Morgan fingerprint density at radius 3 is 3.00 bits per heavy atom. The maximum Gasteiger partial charge on any atom is 0.215 e. The van der Waals surface area contributed by atoms with Crippen LogP contribution < -0.4 is 5.32 Å². The first-order valence-corrected chi connectivity index (χ1v) is 3.57. The summed E-state index contributed by atoms with van der Waals surface area (Å²) in [4.78, 5) is 10.9. The zero-order valence-corrected chi connectivity index (χ0v) is 9.69. The molecule has 1 amide bonds. The molecule has 0 spiro atoms. The van der Waals surface area contributed by atoms with Crippen LogP contribution in [0.5, 0.6) is 0 Å². The van der Waals surface area contributed by atoms with Gasteiger partial charge in [0.25, 0.3) is 0 Å². The maximum absolute atomic E-state index is 10.9. The minimum absolute atomic E-state index is 0. The number of fused-ring (bicyclic) bond motifs is 1. The second-order valence-electron chi connectivity index (χ2n) is 2.72. The Bertz CT molecular complexity index is 322. The molecule has 0 aromatic heterocycles. The van der Waals surface area contributed by atoms with Crippen molar-refractivity contribution in [2.24, 2.45) is 0 Å². The molecule has 3 heteroatoms. The zero-order valence-electron chi connectivity index (χ0n) is 6.85. The first-order valence-electron chi connectivity index (χ1n) is 3.57. The molecule has 0 unspecified atom stereocenters. The Hall–Kier alpha value is -0.206. The molecule has 0 saturated carbocycles. The Morgan fingerprint density at radius 1 is 1.58 bits per heavy atom. The molecule has 1 aromatic carbocycles. The van der Waals surface area contributed by atoms with Crippen LogP contribution in [0.25, 0.3) is 0 Å². The van der Waals surface area contributed by atoms with Crippen molar-refractivity contribution in [3.05, 3.63) is 29.3 Å². The van der Waals surface area contributed by atoms with Crippen molar-refractivity contribution in [1.29, 1.82) is 0 Å². The minimum atomic E-state index is 0. The number of carbonyl (C=O) groups is 1. The van der Waals surface area contributed by atoms with Gasteiger partial charge in [0.2, 0.25) is 5.91 Å². The molecule has 1 heterocycles. The quantitative estimate of drug-likeness (QED) is 0.674. The van der Waals surface area contributed by atoms with Gasteiger partial charge in [0.15, 0.2) is 0 Å². The Balaban J connectivity index is 0.000000720. The fraction of sp³-hybridized carbons (Fsp3) is 0.222. The van der Waals surface area contributed by atoms with Gasteiger partial charge in [-0.1, -0.05) is 12.6 Å². The van der Waals surface area contributed by atoms with Gasteiger partial charge in [-0.05, 0) is 0 Å². The largest absolute Gasteiger partial charge is 0.349 e. The molecular formula is C9H8NOY-. The van der Waals surface area contributed by atoms with Crippen molar-refractivity contribution in [1.82, 2.24) is 0 Å². The van der Waals surface area contributed by atoms with Crippen LogP contribution in [0, 0.1) is 13.0 Å². The van der Waals surface area contributed by atoms with Crippen LogP contribution >= 0.6 is 0 Å². The third-order valence-electron chi connectivity index (χ3n) is 1.94. The summed E-state index contributed by atoms with van der Waals surface area (Å²) in [6, 6.07) is 6.78. The van der Waals surface area contributed by atoms with Crippen molar-refractivity contribution >= 4 is 11.6 Å². The molecule has 59 valence electrons. The van der Waals surface area contributed by atoms with Crippen LogP contribution in [0.1, 0.15) is 11.1 Å². The van der Waals surface area contributed by atoms with E-state index in [4.69, 9.17) is 0 Å². The van der Waals surface area contributed by atoms with Gasteiger partial charge >= 0.3 is 0 Å². The van der Waals surface area contributed by atoms with Gasteiger partial charge in [-0.2, -0.15) is 17.7 Å². The fourth-order valence-electron chi connectivity index (χ4n) is 1.34. The van der Waals surface area contributed by atoms with E-state index in [0.717, 1.165) is 16.8 Å². The molecule has 0 atom stereocenters. The average Bonchev–Trinajstić information content (AvgIpc) is 2.31. The van der Waals surface area contributed by atoms with Crippen LogP contribution in [0.4, 0.5) is 5.69 Å². The summed E-state index contributed by atoms with van der Waals surface area (Å²) >= 11 is 0. The Kier molecular flexibility index (Phi) is 3.02. The topological polar surface area (TPSA) is 29.1 Å². The summed E-state index contributed by atoms with van der Waals surface area (Å²) in [5.41, 5.74) is 3.12. The maximum atomic E-state index is 10.9. The van der Waals surface area contributed by atoms with Crippen LogP contribution in [0.3, 0.4) is 0 Å². The third-order valence-corrected chi connectivity index (χ3v) is 1.94. The van der Waals surface area contributed by atoms with Crippen molar-refractivity contribution < 1.29 is 37.5 Å². The van der Waals surface area contributed by atoms with Crippen molar-refractivity contribution in [3.63, 3.8) is 0 Å². The van der Waals surface area contributed by atoms with Gasteiger partial charge in [-0.15, -0.1) is 11.6 Å². The fourth-order valence-corrected chi connectivity index (χ4v) is 1.34. The third kappa shape index (κ3) is 1.59. The van der Waals surface area contributed by atoms with Gasteiger partial charge in [0.05, 0.1) is 0 Å². The molecule has 12 heavy (non-hydrogen) atoms. The molecule has 1 aromatic rings. The molecule has 1 N–H and O–H groups in total. The number of rotatable bonds is 0. The predicted octanol–water partition coefficient (Wildman–Crippen LogP) is 1.29. The minimum Gasteiger partial charge on any atom is -0.349 e. The molecule has 0 fully saturated rings. The van der Waals surface area contributed by atoms with E-state index in [1.165, 1.54) is 0 Å². The number of aryl methyl sites for hydroxylation is 1. The number of carbonyl (C=O) groups excluding carboxylic acids is 1. The van der Waals surface area contributed by atoms with E-state index in [0.29, 0.717) is 6.42 Å². The second kappa shape index (κ2) is 3.67. The van der Waals surface area contributed by atoms with Crippen LogP contribution in [-0.2, 0) is 43.9 Å². The standard InChI is InChI=1S/C9H8NO.Y/c1-6-3-2-4-8-7(6)5-9(11)10-8;/h2,4H,5H2,1H3,(H,10,11);/q-1;. The van der Waals surface area contributed by atoms with Crippen molar-refractivity contribution in [2.75, 3.05) is 5.32 Å². The molecule has 1 aliphatic heterocycles. The van der Waals surface area contributed by atoms with Gasteiger partial charge in [0, 0.05) is 39.1 Å². The molecule has 0 saturated heterocycles. The van der Waals surface area contributed by atoms with E-state index in [-0.39, 0.29) is 38.6 Å². The van der Waals surface area contributed by atoms with Gasteiger partial charge in [0.1, 0.15) is 0 Å².